The van der Waals surface area contributed by atoms with E-state index in [1.165, 1.54) is 20.9 Å². The SMILES string of the molecule is C#Cc1cc2cc3ccsc3cc2cc1Br. The molecule has 0 N–H and O–H groups in total. The summed E-state index contributed by atoms with van der Waals surface area (Å²) in [4.78, 5) is 0. The largest absolute Gasteiger partial charge is 0.144 e. The molecular formula is C14H7BrS. The van der Waals surface area contributed by atoms with Crippen LogP contribution in [0.1, 0.15) is 5.56 Å². The number of hydrogen-bond acceptors (Lipinski definition) is 1. The van der Waals surface area contributed by atoms with E-state index < -0.39 is 0 Å². The predicted molar refractivity (Wildman–Crippen MR) is 75.0 cm³/mol. The third kappa shape index (κ3) is 1.44. The van der Waals surface area contributed by atoms with Gasteiger partial charge in [0.25, 0.3) is 0 Å². The number of hydrogen-bond donors (Lipinski definition) is 0. The zero-order valence-corrected chi connectivity index (χ0v) is 10.7. The molecule has 0 aliphatic carbocycles. The number of terminal acetylenes is 1. The minimum absolute atomic E-state index is 0.905. The number of benzene rings is 2. The van der Waals surface area contributed by atoms with Crippen molar-refractivity contribution in [3.63, 3.8) is 0 Å². The molecule has 0 fully saturated rings. The minimum atomic E-state index is 0.905. The van der Waals surface area contributed by atoms with Crippen molar-refractivity contribution in [1.82, 2.24) is 0 Å². The van der Waals surface area contributed by atoms with Gasteiger partial charge in [-0.1, -0.05) is 5.92 Å². The maximum absolute atomic E-state index is 5.46. The molecule has 0 nitrogen and oxygen atoms in total. The first-order chi connectivity index (χ1) is 7.78. The molecule has 0 aliphatic heterocycles. The molecule has 76 valence electrons. The fraction of sp³-hybridized carbons (Fsp3) is 0. The van der Waals surface area contributed by atoms with Gasteiger partial charge in [0, 0.05) is 14.7 Å². The maximum Gasteiger partial charge on any atom is 0.0391 e. The third-order valence-corrected chi connectivity index (χ3v) is 4.19. The molecule has 1 aromatic heterocycles. The Balaban J connectivity index is 2.46. The van der Waals surface area contributed by atoms with Crippen LogP contribution in [0.15, 0.2) is 40.2 Å². The van der Waals surface area contributed by atoms with Crippen LogP contribution in [0.4, 0.5) is 0 Å². The second-order valence-electron chi connectivity index (χ2n) is 3.63. The van der Waals surface area contributed by atoms with Crippen molar-refractivity contribution in [3.05, 3.63) is 45.7 Å². The summed E-state index contributed by atoms with van der Waals surface area (Å²) >= 11 is 5.26. The average molecular weight is 287 g/mol. The molecular weight excluding hydrogens is 280 g/mol. The molecule has 2 heteroatoms. The molecule has 3 aromatic rings. The molecule has 2 aromatic carbocycles. The van der Waals surface area contributed by atoms with Crippen LogP contribution in [0.5, 0.6) is 0 Å². The fourth-order valence-corrected chi connectivity index (χ4v) is 3.14. The van der Waals surface area contributed by atoms with E-state index in [2.05, 4.69) is 57.6 Å². The Labute approximate surface area is 106 Å². The second-order valence-corrected chi connectivity index (χ2v) is 5.44. The molecule has 0 saturated heterocycles. The Morgan fingerprint density at radius 2 is 1.88 bits per heavy atom. The minimum Gasteiger partial charge on any atom is -0.144 e. The fourth-order valence-electron chi connectivity index (χ4n) is 1.84. The van der Waals surface area contributed by atoms with E-state index in [1.807, 2.05) is 0 Å². The maximum atomic E-state index is 5.46. The van der Waals surface area contributed by atoms with E-state index in [0.29, 0.717) is 0 Å². The van der Waals surface area contributed by atoms with Crippen LogP contribution < -0.4 is 0 Å². The van der Waals surface area contributed by atoms with Crippen molar-refractivity contribution in [1.29, 1.82) is 0 Å². The Morgan fingerprint density at radius 1 is 1.06 bits per heavy atom. The smallest absolute Gasteiger partial charge is 0.0391 e. The predicted octanol–water partition coefficient (Wildman–Crippen LogP) is 4.80. The van der Waals surface area contributed by atoms with Gasteiger partial charge in [0.05, 0.1) is 0 Å². The normalized spacial score (nSPS) is 10.8. The van der Waals surface area contributed by atoms with Gasteiger partial charge in [0.15, 0.2) is 0 Å². The first-order valence-corrected chi connectivity index (χ1v) is 6.52. The quantitative estimate of drug-likeness (QED) is 0.521. The molecule has 0 bridgehead atoms. The molecule has 0 saturated carbocycles. The summed E-state index contributed by atoms with van der Waals surface area (Å²) in [6, 6.07) is 10.7. The standard InChI is InChI=1S/C14H7BrS/c1-2-9-5-11-6-10-3-4-16-14(10)8-12(11)7-13(9)15/h1,3-8H. The summed E-state index contributed by atoms with van der Waals surface area (Å²) < 4.78 is 2.30. The molecule has 3 rings (SSSR count). The zero-order chi connectivity index (χ0) is 11.1. The highest BCUT2D eigenvalue weighted by molar-refractivity contribution is 9.10. The monoisotopic (exact) mass is 286 g/mol. The lowest BCUT2D eigenvalue weighted by atomic mass is 10.1. The number of halogens is 1. The molecule has 1 heterocycles. The molecule has 0 unspecified atom stereocenters. The summed E-state index contributed by atoms with van der Waals surface area (Å²) in [6.45, 7) is 0. The molecule has 0 atom stereocenters. The van der Waals surface area contributed by atoms with Gasteiger partial charge in [-0.05, 0) is 67.8 Å². The Kier molecular flexibility index (Phi) is 2.24. The Hall–Kier alpha value is -1.30. The molecule has 0 radical (unpaired) electrons. The van der Waals surface area contributed by atoms with Crippen molar-refractivity contribution in [2.24, 2.45) is 0 Å². The molecule has 0 amide bonds. The Morgan fingerprint density at radius 3 is 2.69 bits per heavy atom. The lowest BCUT2D eigenvalue weighted by Crippen LogP contribution is -1.79. The van der Waals surface area contributed by atoms with Crippen molar-refractivity contribution in [2.75, 3.05) is 0 Å². The second kappa shape index (κ2) is 3.62. The summed E-state index contributed by atoms with van der Waals surface area (Å²) in [5, 5.41) is 5.81. The topological polar surface area (TPSA) is 0 Å². The van der Waals surface area contributed by atoms with Crippen LogP contribution in [-0.2, 0) is 0 Å². The highest BCUT2D eigenvalue weighted by Gasteiger charge is 2.03. The van der Waals surface area contributed by atoms with Crippen LogP contribution in [0, 0.1) is 12.3 Å². The highest BCUT2D eigenvalue weighted by Crippen LogP contribution is 2.30. The first kappa shape index (κ1) is 9.89. The van der Waals surface area contributed by atoms with Crippen molar-refractivity contribution < 1.29 is 0 Å². The van der Waals surface area contributed by atoms with E-state index in [4.69, 9.17) is 6.42 Å². The van der Waals surface area contributed by atoms with E-state index in [9.17, 15) is 0 Å². The lowest BCUT2D eigenvalue weighted by molar-refractivity contribution is 1.66. The van der Waals surface area contributed by atoms with E-state index in [-0.39, 0.29) is 0 Å². The van der Waals surface area contributed by atoms with Crippen molar-refractivity contribution >= 4 is 48.1 Å². The van der Waals surface area contributed by atoms with Gasteiger partial charge in [-0.15, -0.1) is 17.8 Å². The number of thiophene rings is 1. The Bertz CT molecular complexity index is 731. The van der Waals surface area contributed by atoms with Gasteiger partial charge >= 0.3 is 0 Å². The van der Waals surface area contributed by atoms with Crippen LogP contribution in [0.2, 0.25) is 0 Å². The molecule has 0 spiro atoms. The van der Waals surface area contributed by atoms with Gasteiger partial charge in [-0.3, -0.25) is 0 Å². The highest BCUT2D eigenvalue weighted by atomic mass is 79.9. The lowest BCUT2D eigenvalue weighted by Gasteiger charge is -2.02. The summed E-state index contributed by atoms with van der Waals surface area (Å²) in [5.41, 5.74) is 0.905. The van der Waals surface area contributed by atoms with E-state index in [1.54, 1.807) is 11.3 Å². The van der Waals surface area contributed by atoms with Gasteiger partial charge in [-0.25, -0.2) is 0 Å². The van der Waals surface area contributed by atoms with Gasteiger partial charge < -0.3 is 0 Å². The third-order valence-electron chi connectivity index (χ3n) is 2.65. The van der Waals surface area contributed by atoms with Crippen molar-refractivity contribution in [2.45, 2.75) is 0 Å². The van der Waals surface area contributed by atoms with Crippen LogP contribution in [0.3, 0.4) is 0 Å². The first-order valence-electron chi connectivity index (χ1n) is 4.85. The number of fused-ring (bicyclic) bond motifs is 2. The number of rotatable bonds is 0. The summed E-state index contributed by atoms with van der Waals surface area (Å²) in [7, 11) is 0. The van der Waals surface area contributed by atoms with Gasteiger partial charge in [0.1, 0.15) is 0 Å². The molecule has 0 aliphatic rings. The summed E-state index contributed by atoms with van der Waals surface area (Å²) in [6.07, 6.45) is 5.46. The van der Waals surface area contributed by atoms with Crippen molar-refractivity contribution in [3.8, 4) is 12.3 Å². The summed E-state index contributed by atoms with van der Waals surface area (Å²) in [5.74, 6) is 2.69. The van der Waals surface area contributed by atoms with E-state index in [0.717, 1.165) is 10.0 Å². The van der Waals surface area contributed by atoms with Crippen LogP contribution in [0.25, 0.3) is 20.9 Å². The van der Waals surface area contributed by atoms with Crippen LogP contribution >= 0.6 is 27.3 Å². The van der Waals surface area contributed by atoms with Gasteiger partial charge in [0.2, 0.25) is 0 Å². The zero-order valence-electron chi connectivity index (χ0n) is 8.33. The van der Waals surface area contributed by atoms with Crippen LogP contribution in [-0.4, -0.2) is 0 Å². The van der Waals surface area contributed by atoms with Gasteiger partial charge in [-0.2, -0.15) is 0 Å². The average Bonchev–Trinajstić information content (AvgIpc) is 2.72. The molecule has 16 heavy (non-hydrogen) atoms. The van der Waals surface area contributed by atoms with E-state index >= 15 is 0 Å².